The van der Waals surface area contributed by atoms with E-state index in [1.54, 1.807) is 12.1 Å². The lowest BCUT2D eigenvalue weighted by atomic mass is 10.2. The van der Waals surface area contributed by atoms with Crippen LogP contribution in [0.15, 0.2) is 24.3 Å². The minimum atomic E-state index is -1.13. The van der Waals surface area contributed by atoms with Gasteiger partial charge in [-0.05, 0) is 43.5 Å². The van der Waals surface area contributed by atoms with Crippen LogP contribution in [0.25, 0.3) is 22.4 Å². The molecule has 7 heteroatoms. The molecule has 1 aliphatic carbocycles. The lowest BCUT2D eigenvalue weighted by Gasteiger charge is -2.09. The van der Waals surface area contributed by atoms with Gasteiger partial charge >= 0.3 is 5.97 Å². The first kappa shape index (κ1) is 17.0. The van der Waals surface area contributed by atoms with Crippen LogP contribution in [0.4, 0.5) is 4.39 Å². The molecule has 1 aromatic carbocycles. The lowest BCUT2D eigenvalue weighted by molar-refractivity contribution is 0.0693. The first-order valence-electron chi connectivity index (χ1n) is 8.50. The van der Waals surface area contributed by atoms with Gasteiger partial charge in [-0.25, -0.2) is 19.2 Å². The van der Waals surface area contributed by atoms with E-state index in [9.17, 15) is 14.3 Å². The van der Waals surface area contributed by atoms with Crippen LogP contribution in [0.3, 0.4) is 0 Å². The van der Waals surface area contributed by atoms with Crippen molar-refractivity contribution in [3.8, 4) is 11.4 Å². The van der Waals surface area contributed by atoms with Crippen LogP contribution in [-0.2, 0) is 6.54 Å². The van der Waals surface area contributed by atoms with Gasteiger partial charge in [-0.15, -0.1) is 0 Å². The van der Waals surface area contributed by atoms with Gasteiger partial charge in [-0.3, -0.25) is 0 Å². The Labute approximate surface area is 154 Å². The zero-order valence-electron chi connectivity index (χ0n) is 14.2. The highest BCUT2D eigenvalue weighted by atomic mass is 35.5. The van der Waals surface area contributed by atoms with E-state index in [-0.39, 0.29) is 16.5 Å². The van der Waals surface area contributed by atoms with Crippen molar-refractivity contribution < 1.29 is 14.3 Å². The molecular weight excluding hydrogens is 357 g/mol. The molecule has 0 saturated heterocycles. The third-order valence-corrected chi connectivity index (χ3v) is 5.10. The van der Waals surface area contributed by atoms with Crippen molar-refractivity contribution >= 4 is 28.6 Å². The van der Waals surface area contributed by atoms with Gasteiger partial charge < -0.3 is 9.67 Å². The monoisotopic (exact) mass is 373 g/mol. The largest absolute Gasteiger partial charge is 0.476 e. The molecule has 1 aliphatic rings. The van der Waals surface area contributed by atoms with Crippen LogP contribution in [0.1, 0.15) is 35.4 Å². The molecule has 5 nitrogen and oxygen atoms in total. The Hall–Kier alpha value is -2.47. The third-order valence-electron chi connectivity index (χ3n) is 4.80. The van der Waals surface area contributed by atoms with Crippen molar-refractivity contribution in [1.29, 1.82) is 0 Å². The molecule has 4 rings (SSSR count). The smallest absolute Gasteiger partial charge is 0.355 e. The molecule has 0 bridgehead atoms. The topological polar surface area (TPSA) is 68.0 Å². The Kier molecular flexibility index (Phi) is 4.15. The van der Waals surface area contributed by atoms with Crippen molar-refractivity contribution in [1.82, 2.24) is 14.5 Å². The highest BCUT2D eigenvalue weighted by Gasteiger charge is 2.23. The highest BCUT2D eigenvalue weighted by Crippen LogP contribution is 2.34. The summed E-state index contributed by atoms with van der Waals surface area (Å²) in [5.41, 5.74) is 1.83. The maximum Gasteiger partial charge on any atom is 0.355 e. The SMILES string of the molecule is Cc1cc2c(C(=O)O)nc(-c3ccc(Cl)c(F)c3)nc2n1CCC1CC1. The quantitative estimate of drug-likeness (QED) is 0.704. The molecule has 1 fully saturated rings. The van der Waals surface area contributed by atoms with Crippen molar-refractivity contribution in [2.45, 2.75) is 32.7 Å². The predicted octanol–water partition coefficient (Wildman–Crippen LogP) is 4.70. The summed E-state index contributed by atoms with van der Waals surface area (Å²) in [6.07, 6.45) is 3.55. The van der Waals surface area contributed by atoms with Gasteiger partial charge in [-0.2, -0.15) is 0 Å². The minimum absolute atomic E-state index is 0.00283. The van der Waals surface area contributed by atoms with E-state index >= 15 is 0 Å². The summed E-state index contributed by atoms with van der Waals surface area (Å²) in [7, 11) is 0. The van der Waals surface area contributed by atoms with Gasteiger partial charge in [0.2, 0.25) is 0 Å². The van der Waals surface area contributed by atoms with Crippen LogP contribution in [0.5, 0.6) is 0 Å². The number of aryl methyl sites for hydroxylation is 2. The first-order chi connectivity index (χ1) is 12.4. The van der Waals surface area contributed by atoms with E-state index in [1.165, 1.54) is 25.0 Å². The molecule has 0 aliphatic heterocycles. The van der Waals surface area contributed by atoms with Crippen LogP contribution in [0.2, 0.25) is 5.02 Å². The number of aromatic carboxylic acids is 1. The summed E-state index contributed by atoms with van der Waals surface area (Å²) in [4.78, 5) is 20.4. The number of nitrogens with zero attached hydrogens (tertiary/aromatic N) is 3. The van der Waals surface area contributed by atoms with E-state index in [1.807, 2.05) is 11.5 Å². The van der Waals surface area contributed by atoms with E-state index in [2.05, 4.69) is 9.97 Å². The second-order valence-corrected chi connectivity index (χ2v) is 7.14. The summed E-state index contributed by atoms with van der Waals surface area (Å²) < 4.78 is 15.9. The predicted molar refractivity (Wildman–Crippen MR) is 97.0 cm³/mol. The number of carbonyl (C=O) groups is 1. The van der Waals surface area contributed by atoms with Gasteiger partial charge in [0, 0.05) is 17.8 Å². The zero-order chi connectivity index (χ0) is 18.4. The number of hydrogen-bond acceptors (Lipinski definition) is 3. The second-order valence-electron chi connectivity index (χ2n) is 6.74. The molecule has 3 aromatic rings. The molecule has 0 amide bonds. The number of hydrogen-bond donors (Lipinski definition) is 1. The average Bonchev–Trinajstić information content (AvgIpc) is 3.37. The number of carboxylic acid groups (broad SMARTS) is 1. The van der Waals surface area contributed by atoms with Crippen molar-refractivity contribution in [3.63, 3.8) is 0 Å². The van der Waals surface area contributed by atoms with Gasteiger partial charge in [-0.1, -0.05) is 24.4 Å². The Balaban J connectivity index is 1.88. The molecule has 134 valence electrons. The zero-order valence-corrected chi connectivity index (χ0v) is 14.9. The van der Waals surface area contributed by atoms with Crippen molar-refractivity contribution in [2.24, 2.45) is 5.92 Å². The number of carboxylic acids is 1. The molecule has 2 heterocycles. The van der Waals surface area contributed by atoms with Gasteiger partial charge in [0.15, 0.2) is 11.5 Å². The Morgan fingerprint density at radius 1 is 1.35 bits per heavy atom. The molecule has 1 saturated carbocycles. The number of fused-ring (bicyclic) bond motifs is 1. The molecular formula is C19H17ClFN3O2. The number of rotatable bonds is 5. The average molecular weight is 374 g/mol. The summed E-state index contributed by atoms with van der Waals surface area (Å²) in [6, 6.07) is 6.03. The minimum Gasteiger partial charge on any atom is -0.476 e. The third kappa shape index (κ3) is 3.05. The van der Waals surface area contributed by atoms with Gasteiger partial charge in [0.05, 0.1) is 10.4 Å². The van der Waals surface area contributed by atoms with E-state index < -0.39 is 11.8 Å². The molecule has 26 heavy (non-hydrogen) atoms. The second kappa shape index (κ2) is 6.36. The van der Waals surface area contributed by atoms with E-state index in [4.69, 9.17) is 11.6 Å². The van der Waals surface area contributed by atoms with Crippen LogP contribution < -0.4 is 0 Å². The van der Waals surface area contributed by atoms with E-state index in [0.29, 0.717) is 16.6 Å². The number of halogens is 2. The summed E-state index contributed by atoms with van der Waals surface area (Å²) in [5, 5.41) is 10.1. The fraction of sp³-hybridized carbons (Fsp3) is 0.316. The van der Waals surface area contributed by atoms with Crippen LogP contribution in [-0.4, -0.2) is 25.6 Å². The normalized spacial score (nSPS) is 14.1. The van der Waals surface area contributed by atoms with Crippen molar-refractivity contribution in [2.75, 3.05) is 0 Å². The first-order valence-corrected chi connectivity index (χ1v) is 8.88. The molecule has 1 N–H and O–H groups in total. The van der Waals surface area contributed by atoms with Crippen LogP contribution >= 0.6 is 11.6 Å². The number of benzene rings is 1. The van der Waals surface area contributed by atoms with Gasteiger partial charge in [0.25, 0.3) is 0 Å². The van der Waals surface area contributed by atoms with Gasteiger partial charge in [0.1, 0.15) is 11.5 Å². The van der Waals surface area contributed by atoms with E-state index in [0.717, 1.165) is 24.6 Å². The Morgan fingerprint density at radius 2 is 2.12 bits per heavy atom. The maximum atomic E-state index is 13.8. The molecule has 2 aromatic heterocycles. The summed E-state index contributed by atoms with van der Waals surface area (Å²) >= 11 is 5.74. The van der Waals surface area contributed by atoms with Crippen LogP contribution in [0, 0.1) is 18.7 Å². The van der Waals surface area contributed by atoms with Crippen molar-refractivity contribution in [3.05, 3.63) is 46.5 Å². The molecule has 0 unspecified atom stereocenters. The summed E-state index contributed by atoms with van der Waals surface area (Å²) in [5.74, 6) is -0.800. The fourth-order valence-electron chi connectivity index (χ4n) is 3.18. The number of aromatic nitrogens is 3. The Bertz CT molecular complexity index is 1030. The lowest BCUT2D eigenvalue weighted by Crippen LogP contribution is -2.07. The molecule has 0 spiro atoms. The standard InChI is InChI=1S/C19H17ClFN3O2/c1-10-8-13-16(19(25)26)22-17(12-4-5-14(20)15(21)9-12)23-18(13)24(10)7-6-11-2-3-11/h4-5,8-9,11H,2-3,6-7H2,1H3,(H,25,26). The molecule has 0 radical (unpaired) electrons. The fourth-order valence-corrected chi connectivity index (χ4v) is 3.30. The molecule has 0 atom stereocenters. The Morgan fingerprint density at radius 3 is 2.77 bits per heavy atom. The summed E-state index contributed by atoms with van der Waals surface area (Å²) in [6.45, 7) is 2.71. The highest BCUT2D eigenvalue weighted by molar-refractivity contribution is 6.30. The maximum absolute atomic E-state index is 13.8.